The van der Waals surface area contributed by atoms with Gasteiger partial charge in [-0.1, -0.05) is 41.4 Å². The summed E-state index contributed by atoms with van der Waals surface area (Å²) in [5.41, 5.74) is 7.15. The lowest BCUT2D eigenvalue weighted by molar-refractivity contribution is 1.02. The van der Waals surface area contributed by atoms with Gasteiger partial charge in [-0.2, -0.15) is 0 Å². The van der Waals surface area contributed by atoms with Crippen molar-refractivity contribution in [3.05, 3.63) is 68.4 Å². The molecule has 0 spiro atoms. The molecule has 0 aliphatic rings. The molecule has 3 rings (SSSR count). The molecule has 0 saturated heterocycles. The highest BCUT2D eigenvalue weighted by Crippen LogP contribution is 2.29. The van der Waals surface area contributed by atoms with Gasteiger partial charge in [0.25, 0.3) is 5.56 Å². The first kappa shape index (κ1) is 14.0. The molecule has 0 amide bonds. The van der Waals surface area contributed by atoms with Crippen LogP contribution in [0.5, 0.6) is 0 Å². The highest BCUT2D eigenvalue weighted by atomic mass is 35.5. The minimum absolute atomic E-state index is 0.215. The maximum Gasteiger partial charge on any atom is 0.264 e. The Kier molecular flexibility index (Phi) is 3.40. The Morgan fingerprint density at radius 1 is 1.05 bits per heavy atom. The smallest absolute Gasteiger partial charge is 0.264 e. The number of rotatable bonds is 1. The van der Waals surface area contributed by atoms with Crippen LogP contribution < -0.4 is 11.3 Å². The fourth-order valence-electron chi connectivity index (χ4n) is 2.33. The Morgan fingerprint density at radius 2 is 1.76 bits per heavy atom. The fraction of sp³-hybridized carbons (Fsp3) is 0.0625. The van der Waals surface area contributed by atoms with E-state index in [1.807, 2.05) is 25.1 Å². The molecule has 0 unspecified atom stereocenters. The number of nitrogen functional groups attached to an aromatic ring is 1. The summed E-state index contributed by atoms with van der Waals surface area (Å²) in [5, 5.41) is 2.35. The van der Waals surface area contributed by atoms with Crippen LogP contribution in [0, 0.1) is 6.92 Å². The normalized spacial score (nSPS) is 11.0. The quantitative estimate of drug-likeness (QED) is 0.731. The van der Waals surface area contributed by atoms with E-state index < -0.39 is 0 Å². The number of anilines is 1. The van der Waals surface area contributed by atoms with Crippen molar-refractivity contribution in [1.82, 2.24) is 4.57 Å². The minimum atomic E-state index is -0.215. The lowest BCUT2D eigenvalue weighted by atomic mass is 10.1. The number of aryl methyl sites for hydroxylation is 1. The van der Waals surface area contributed by atoms with E-state index in [0.29, 0.717) is 26.9 Å². The second-order valence-corrected chi connectivity index (χ2v) is 5.66. The molecule has 1 aromatic heterocycles. The van der Waals surface area contributed by atoms with Crippen molar-refractivity contribution in [2.75, 3.05) is 5.73 Å². The van der Waals surface area contributed by atoms with Crippen LogP contribution in [0.3, 0.4) is 0 Å². The Labute approximate surface area is 131 Å². The van der Waals surface area contributed by atoms with Crippen molar-refractivity contribution in [1.29, 1.82) is 0 Å². The zero-order chi connectivity index (χ0) is 15.1. The Hall–Kier alpha value is -1.97. The van der Waals surface area contributed by atoms with Crippen molar-refractivity contribution in [2.24, 2.45) is 0 Å². The highest BCUT2D eigenvalue weighted by molar-refractivity contribution is 6.35. The number of aromatic nitrogens is 1. The molecule has 3 nitrogen and oxygen atoms in total. The maximum absolute atomic E-state index is 12.7. The lowest BCUT2D eigenvalue weighted by Crippen LogP contribution is -2.21. The van der Waals surface area contributed by atoms with E-state index in [-0.39, 0.29) is 5.56 Å². The van der Waals surface area contributed by atoms with Gasteiger partial charge in [-0.15, -0.1) is 0 Å². The van der Waals surface area contributed by atoms with Crippen LogP contribution in [0.25, 0.3) is 16.5 Å². The van der Waals surface area contributed by atoms with Crippen molar-refractivity contribution in [3.8, 4) is 5.69 Å². The summed E-state index contributed by atoms with van der Waals surface area (Å²) in [4.78, 5) is 12.7. The van der Waals surface area contributed by atoms with E-state index in [2.05, 4.69) is 0 Å². The van der Waals surface area contributed by atoms with E-state index in [0.717, 1.165) is 10.9 Å². The summed E-state index contributed by atoms with van der Waals surface area (Å²) in [5.74, 6) is 0.320. The van der Waals surface area contributed by atoms with Crippen molar-refractivity contribution >= 4 is 39.8 Å². The van der Waals surface area contributed by atoms with E-state index >= 15 is 0 Å². The molecule has 0 bridgehead atoms. The molecule has 0 atom stereocenters. The standard InChI is InChI=1S/C16H12Cl2N2O/c1-9-6-13(18)14(8-12(9)17)20-15(19)7-10-4-2-3-5-11(10)16(20)21/h2-8H,19H2,1H3. The van der Waals surface area contributed by atoms with Crippen LogP contribution in [-0.4, -0.2) is 4.57 Å². The van der Waals surface area contributed by atoms with Crippen LogP contribution in [0.4, 0.5) is 5.82 Å². The van der Waals surface area contributed by atoms with Crippen LogP contribution in [0.15, 0.2) is 47.3 Å². The number of fused-ring (bicyclic) bond motifs is 1. The van der Waals surface area contributed by atoms with E-state index in [1.54, 1.807) is 24.3 Å². The van der Waals surface area contributed by atoms with Gasteiger partial charge in [-0.3, -0.25) is 9.36 Å². The molecule has 2 N–H and O–H groups in total. The van der Waals surface area contributed by atoms with Gasteiger partial charge in [-0.05, 0) is 42.1 Å². The zero-order valence-electron chi connectivity index (χ0n) is 11.2. The second-order valence-electron chi connectivity index (χ2n) is 4.85. The van der Waals surface area contributed by atoms with Crippen LogP contribution in [-0.2, 0) is 0 Å². The first-order valence-corrected chi connectivity index (χ1v) is 7.11. The first-order chi connectivity index (χ1) is 9.99. The summed E-state index contributed by atoms with van der Waals surface area (Å²) in [7, 11) is 0. The molecular formula is C16H12Cl2N2O. The number of benzene rings is 2. The summed E-state index contributed by atoms with van der Waals surface area (Å²) in [6.45, 7) is 1.85. The summed E-state index contributed by atoms with van der Waals surface area (Å²) >= 11 is 12.4. The molecule has 0 fully saturated rings. The van der Waals surface area contributed by atoms with Gasteiger partial charge >= 0.3 is 0 Å². The molecule has 0 aliphatic heterocycles. The van der Waals surface area contributed by atoms with Gasteiger partial charge in [0.05, 0.1) is 10.7 Å². The predicted molar refractivity (Wildman–Crippen MR) is 88.7 cm³/mol. The molecule has 3 aromatic rings. The third-order valence-electron chi connectivity index (χ3n) is 3.42. The molecule has 0 aliphatic carbocycles. The largest absolute Gasteiger partial charge is 0.385 e. The monoisotopic (exact) mass is 318 g/mol. The van der Waals surface area contributed by atoms with E-state index in [9.17, 15) is 4.79 Å². The molecule has 21 heavy (non-hydrogen) atoms. The van der Waals surface area contributed by atoms with Gasteiger partial charge in [0.15, 0.2) is 0 Å². The Bertz CT molecular complexity index is 916. The molecular weight excluding hydrogens is 307 g/mol. The third kappa shape index (κ3) is 2.28. The third-order valence-corrected chi connectivity index (χ3v) is 4.13. The lowest BCUT2D eigenvalue weighted by Gasteiger charge is -2.14. The van der Waals surface area contributed by atoms with Gasteiger partial charge in [-0.25, -0.2) is 0 Å². The van der Waals surface area contributed by atoms with Crippen molar-refractivity contribution in [3.63, 3.8) is 0 Å². The van der Waals surface area contributed by atoms with E-state index in [1.165, 1.54) is 4.57 Å². The van der Waals surface area contributed by atoms with Crippen LogP contribution >= 0.6 is 23.2 Å². The molecule has 2 aromatic carbocycles. The molecule has 0 saturated carbocycles. The molecule has 5 heteroatoms. The van der Waals surface area contributed by atoms with Crippen LogP contribution in [0.1, 0.15) is 5.56 Å². The van der Waals surface area contributed by atoms with Crippen LogP contribution in [0.2, 0.25) is 10.0 Å². The number of nitrogens with zero attached hydrogens (tertiary/aromatic N) is 1. The summed E-state index contributed by atoms with van der Waals surface area (Å²) in [6.07, 6.45) is 0. The van der Waals surface area contributed by atoms with Gasteiger partial charge < -0.3 is 5.73 Å². The van der Waals surface area contributed by atoms with Gasteiger partial charge in [0.1, 0.15) is 5.82 Å². The first-order valence-electron chi connectivity index (χ1n) is 6.35. The number of pyridine rings is 1. The van der Waals surface area contributed by atoms with E-state index in [4.69, 9.17) is 28.9 Å². The summed E-state index contributed by atoms with van der Waals surface area (Å²) < 4.78 is 1.38. The SMILES string of the molecule is Cc1cc(Cl)c(-n2c(N)cc3ccccc3c2=O)cc1Cl. The Morgan fingerprint density at radius 3 is 2.52 bits per heavy atom. The fourth-order valence-corrected chi connectivity index (χ4v) is 2.80. The zero-order valence-corrected chi connectivity index (χ0v) is 12.7. The van der Waals surface area contributed by atoms with Gasteiger partial charge in [0, 0.05) is 10.4 Å². The van der Waals surface area contributed by atoms with Crippen molar-refractivity contribution < 1.29 is 0 Å². The predicted octanol–water partition coefficient (Wildman–Crippen LogP) is 4.19. The minimum Gasteiger partial charge on any atom is -0.385 e. The topological polar surface area (TPSA) is 48.0 Å². The number of hydrogen-bond donors (Lipinski definition) is 1. The molecule has 1 heterocycles. The maximum atomic E-state index is 12.7. The second kappa shape index (κ2) is 5.10. The molecule has 0 radical (unpaired) electrons. The number of halogens is 2. The number of nitrogens with two attached hydrogens (primary N) is 1. The average molecular weight is 319 g/mol. The van der Waals surface area contributed by atoms with Crippen molar-refractivity contribution in [2.45, 2.75) is 6.92 Å². The molecule has 106 valence electrons. The highest BCUT2D eigenvalue weighted by Gasteiger charge is 2.13. The Balaban J connectivity index is 2.41. The average Bonchev–Trinajstić information content (AvgIpc) is 2.44. The number of hydrogen-bond acceptors (Lipinski definition) is 2. The van der Waals surface area contributed by atoms with Gasteiger partial charge in [0.2, 0.25) is 0 Å². The summed E-state index contributed by atoms with van der Waals surface area (Å²) in [6, 6.07) is 12.4.